The summed E-state index contributed by atoms with van der Waals surface area (Å²) < 4.78 is 2.04. The largest absolute Gasteiger partial charge is 0.354 e. The highest BCUT2D eigenvalue weighted by Crippen LogP contribution is 2.23. The van der Waals surface area contributed by atoms with Crippen LogP contribution in [0.4, 0.5) is 0 Å². The maximum atomic E-state index is 6.07. The van der Waals surface area contributed by atoms with Gasteiger partial charge in [0.25, 0.3) is 0 Å². The van der Waals surface area contributed by atoms with Crippen molar-refractivity contribution in [2.24, 2.45) is 4.99 Å². The fourth-order valence-corrected chi connectivity index (χ4v) is 2.72. The molecule has 1 N–H and O–H groups in total. The smallest absolute Gasteiger partial charge is 0.193 e. The van der Waals surface area contributed by atoms with E-state index in [4.69, 9.17) is 23.2 Å². The monoisotopic (exact) mass is 496 g/mol. The van der Waals surface area contributed by atoms with Crippen LogP contribution in [-0.2, 0) is 19.5 Å². The lowest BCUT2D eigenvalue weighted by molar-refractivity contribution is 0.472. The maximum absolute atomic E-state index is 6.07. The lowest BCUT2D eigenvalue weighted by Gasteiger charge is -2.22. The quantitative estimate of drug-likeness (QED) is 0.378. The zero-order valence-electron chi connectivity index (χ0n) is 14.5. The molecule has 1 aromatic heterocycles. The molecule has 6 nitrogen and oxygen atoms in total. The summed E-state index contributed by atoms with van der Waals surface area (Å²) in [5, 5.41) is 12.5. The van der Waals surface area contributed by atoms with Gasteiger partial charge >= 0.3 is 0 Å². The Bertz CT molecular complexity index is 704. The van der Waals surface area contributed by atoms with Gasteiger partial charge in [0.15, 0.2) is 5.96 Å². The summed E-state index contributed by atoms with van der Waals surface area (Å²) >= 11 is 12.0. The Morgan fingerprint density at radius 3 is 2.72 bits per heavy atom. The normalized spacial score (nSPS) is 11.2. The molecule has 0 aliphatic heterocycles. The maximum Gasteiger partial charge on any atom is 0.193 e. The number of aliphatic imine (C=N–C) groups is 1. The molecular weight excluding hydrogens is 474 g/mol. The van der Waals surface area contributed by atoms with E-state index in [1.165, 1.54) is 0 Å². The van der Waals surface area contributed by atoms with Crippen molar-refractivity contribution in [1.82, 2.24) is 25.0 Å². The van der Waals surface area contributed by atoms with Gasteiger partial charge in [0.1, 0.15) is 12.2 Å². The van der Waals surface area contributed by atoms with Crippen molar-refractivity contribution in [3.05, 3.63) is 46.0 Å². The number of aryl methyl sites for hydroxylation is 1. The van der Waals surface area contributed by atoms with Gasteiger partial charge in [0, 0.05) is 40.2 Å². The molecule has 0 unspecified atom stereocenters. The summed E-state index contributed by atoms with van der Waals surface area (Å²) in [6.07, 6.45) is 2.62. The molecule has 0 saturated heterocycles. The third-order valence-corrected chi connectivity index (χ3v) is 4.36. The molecule has 2 rings (SSSR count). The predicted octanol–water partition coefficient (Wildman–Crippen LogP) is 3.47. The Kier molecular flexibility index (Phi) is 9.52. The van der Waals surface area contributed by atoms with Crippen molar-refractivity contribution in [2.75, 3.05) is 20.6 Å². The first-order valence-corrected chi connectivity index (χ1v) is 8.53. The molecule has 1 heterocycles. The average molecular weight is 497 g/mol. The molecule has 0 aliphatic rings. The topological polar surface area (TPSA) is 58.3 Å². The second kappa shape index (κ2) is 10.8. The van der Waals surface area contributed by atoms with Gasteiger partial charge in [-0.05, 0) is 17.7 Å². The number of aromatic nitrogens is 3. The molecule has 9 heteroatoms. The Balaban J connectivity index is 0.00000312. The molecular formula is C16H23Cl2IN6. The van der Waals surface area contributed by atoms with Crippen molar-refractivity contribution in [3.8, 4) is 0 Å². The average Bonchev–Trinajstić information content (AvgIpc) is 3.02. The van der Waals surface area contributed by atoms with Crippen LogP contribution in [0.25, 0.3) is 0 Å². The van der Waals surface area contributed by atoms with Crippen LogP contribution in [-0.4, -0.2) is 46.3 Å². The molecule has 2 aromatic rings. The second-order valence-electron chi connectivity index (χ2n) is 5.37. The van der Waals surface area contributed by atoms with E-state index in [1.807, 2.05) is 34.7 Å². The van der Waals surface area contributed by atoms with E-state index in [2.05, 4.69) is 27.4 Å². The van der Waals surface area contributed by atoms with E-state index in [1.54, 1.807) is 13.4 Å². The Labute approximate surface area is 175 Å². The standard InChI is InChI=1S/C16H22Cl2N6.HI/c1-4-15-22-21-11-24(15)8-7-20-16(19-2)23(3)10-12-5-6-13(17)14(18)9-12;/h5-6,9,11H,4,7-8,10H2,1-3H3,(H,19,20);1H. The van der Waals surface area contributed by atoms with Crippen LogP contribution in [0.5, 0.6) is 0 Å². The summed E-state index contributed by atoms with van der Waals surface area (Å²) in [6.45, 7) is 4.28. The number of hydrogen-bond acceptors (Lipinski definition) is 3. The fraction of sp³-hybridized carbons (Fsp3) is 0.438. The minimum atomic E-state index is 0. The first-order chi connectivity index (χ1) is 11.5. The number of rotatable bonds is 6. The van der Waals surface area contributed by atoms with E-state index >= 15 is 0 Å². The summed E-state index contributed by atoms with van der Waals surface area (Å²) in [7, 11) is 3.75. The van der Waals surface area contributed by atoms with E-state index in [0.29, 0.717) is 16.6 Å². The minimum absolute atomic E-state index is 0. The number of benzene rings is 1. The lowest BCUT2D eigenvalue weighted by Crippen LogP contribution is -2.39. The summed E-state index contributed by atoms with van der Waals surface area (Å²) in [5.41, 5.74) is 1.07. The third-order valence-electron chi connectivity index (χ3n) is 3.62. The first kappa shape index (κ1) is 22.0. The number of guanidine groups is 1. The van der Waals surface area contributed by atoms with Gasteiger partial charge in [0.05, 0.1) is 10.0 Å². The van der Waals surface area contributed by atoms with Gasteiger partial charge in [-0.1, -0.05) is 36.2 Å². The van der Waals surface area contributed by atoms with Crippen molar-refractivity contribution < 1.29 is 0 Å². The van der Waals surface area contributed by atoms with Crippen LogP contribution in [0.15, 0.2) is 29.5 Å². The second-order valence-corrected chi connectivity index (χ2v) is 6.19. The van der Waals surface area contributed by atoms with Gasteiger partial charge < -0.3 is 14.8 Å². The van der Waals surface area contributed by atoms with Crippen LogP contribution in [0, 0.1) is 0 Å². The van der Waals surface area contributed by atoms with Gasteiger partial charge in [-0.2, -0.15) is 0 Å². The van der Waals surface area contributed by atoms with Crippen molar-refractivity contribution in [1.29, 1.82) is 0 Å². The van der Waals surface area contributed by atoms with Gasteiger partial charge in [-0.15, -0.1) is 34.2 Å². The Hall–Kier alpha value is -1.06. The SMILES string of the molecule is CCc1nncn1CCNC(=NC)N(C)Cc1ccc(Cl)c(Cl)c1.I. The molecule has 0 aliphatic carbocycles. The van der Waals surface area contributed by atoms with E-state index in [-0.39, 0.29) is 24.0 Å². The van der Waals surface area contributed by atoms with Crippen molar-refractivity contribution >= 4 is 53.1 Å². The zero-order chi connectivity index (χ0) is 17.5. The summed E-state index contributed by atoms with van der Waals surface area (Å²) in [5.74, 6) is 1.79. The molecule has 0 amide bonds. The van der Waals surface area contributed by atoms with Gasteiger partial charge in [-0.3, -0.25) is 4.99 Å². The van der Waals surface area contributed by atoms with E-state index in [9.17, 15) is 0 Å². The van der Waals surface area contributed by atoms with E-state index in [0.717, 1.165) is 36.9 Å². The number of hydrogen-bond donors (Lipinski definition) is 1. The highest BCUT2D eigenvalue weighted by Gasteiger charge is 2.08. The fourth-order valence-electron chi connectivity index (χ4n) is 2.40. The molecule has 0 atom stereocenters. The molecule has 1 aromatic carbocycles. The summed E-state index contributed by atoms with van der Waals surface area (Å²) in [4.78, 5) is 6.35. The zero-order valence-corrected chi connectivity index (χ0v) is 18.4. The first-order valence-electron chi connectivity index (χ1n) is 7.77. The van der Waals surface area contributed by atoms with Gasteiger partial charge in [-0.25, -0.2) is 0 Å². The van der Waals surface area contributed by atoms with Crippen LogP contribution >= 0.6 is 47.2 Å². The third kappa shape index (κ3) is 6.31. The molecule has 138 valence electrons. The Morgan fingerprint density at radius 1 is 1.32 bits per heavy atom. The van der Waals surface area contributed by atoms with Crippen LogP contribution in [0.2, 0.25) is 10.0 Å². The number of nitrogens with zero attached hydrogens (tertiary/aromatic N) is 5. The molecule has 0 radical (unpaired) electrons. The van der Waals surface area contributed by atoms with Crippen LogP contribution in [0.3, 0.4) is 0 Å². The van der Waals surface area contributed by atoms with Crippen LogP contribution in [0.1, 0.15) is 18.3 Å². The molecule has 0 bridgehead atoms. The molecule has 25 heavy (non-hydrogen) atoms. The molecule has 0 spiro atoms. The lowest BCUT2D eigenvalue weighted by atomic mass is 10.2. The van der Waals surface area contributed by atoms with Crippen molar-refractivity contribution in [2.45, 2.75) is 26.4 Å². The molecule has 0 fully saturated rings. The highest BCUT2D eigenvalue weighted by molar-refractivity contribution is 14.0. The number of halogens is 3. The Morgan fingerprint density at radius 2 is 2.08 bits per heavy atom. The number of nitrogens with one attached hydrogen (secondary N) is 1. The van der Waals surface area contributed by atoms with Crippen molar-refractivity contribution in [3.63, 3.8) is 0 Å². The van der Waals surface area contributed by atoms with Crippen LogP contribution < -0.4 is 5.32 Å². The highest BCUT2D eigenvalue weighted by atomic mass is 127. The van der Waals surface area contributed by atoms with Gasteiger partial charge in [0.2, 0.25) is 0 Å². The summed E-state index contributed by atoms with van der Waals surface area (Å²) in [6, 6.07) is 5.64. The van der Waals surface area contributed by atoms with E-state index < -0.39 is 0 Å². The molecule has 0 saturated carbocycles. The predicted molar refractivity (Wildman–Crippen MR) is 114 cm³/mol. The minimum Gasteiger partial charge on any atom is -0.354 e.